The quantitative estimate of drug-likeness (QED) is 0.642. The highest BCUT2D eigenvalue weighted by Crippen LogP contribution is 2.46. The summed E-state index contributed by atoms with van der Waals surface area (Å²) >= 11 is 2.74. The maximum Gasteiger partial charge on any atom is 0.0638 e. The van der Waals surface area contributed by atoms with Crippen LogP contribution >= 0.6 is 15.9 Å². The summed E-state index contributed by atoms with van der Waals surface area (Å²) in [5.41, 5.74) is -11.0. The lowest BCUT2D eigenvalue weighted by molar-refractivity contribution is 0.331. The number of hydrogen-bond acceptors (Lipinski definition) is 0. The zero-order chi connectivity index (χ0) is 27.5. The molecule has 0 saturated carbocycles. The number of hydrogen-bond donors (Lipinski definition) is 0. The van der Waals surface area contributed by atoms with Gasteiger partial charge in [-0.3, -0.25) is 0 Å². The van der Waals surface area contributed by atoms with Crippen molar-refractivity contribution in [2.75, 3.05) is 0 Å². The van der Waals surface area contributed by atoms with Gasteiger partial charge in [0.2, 0.25) is 0 Å². The van der Waals surface area contributed by atoms with Gasteiger partial charge in [-0.25, -0.2) is 0 Å². The number of halogens is 1. The third-order valence-electron chi connectivity index (χ3n) is 1.97. The fourth-order valence-corrected chi connectivity index (χ4v) is 1.56. The van der Waals surface area contributed by atoms with Crippen molar-refractivity contribution in [2.24, 2.45) is 0 Å². The predicted molar refractivity (Wildman–Crippen MR) is 69.4 cm³/mol. The van der Waals surface area contributed by atoms with E-state index in [4.69, 9.17) is 26.0 Å². The highest BCUT2D eigenvalue weighted by molar-refractivity contribution is 9.10. The molecule has 0 unspecified atom stereocenters. The fraction of sp³-hybridized carbons (Fsp3) is 0.571. The van der Waals surface area contributed by atoms with Crippen molar-refractivity contribution < 1.29 is 26.0 Å². The van der Waals surface area contributed by atoms with E-state index in [1.165, 1.54) is 0 Å². The molecule has 2 rings (SSSR count). The molecule has 15 heavy (non-hydrogen) atoms. The molecule has 0 spiro atoms. The highest BCUT2D eigenvalue weighted by atomic mass is 79.9. The summed E-state index contributed by atoms with van der Waals surface area (Å²) in [5.74, 6) is 0. The van der Waals surface area contributed by atoms with Gasteiger partial charge in [0.15, 0.2) is 0 Å². The SMILES string of the molecule is [2H]c1c([2H])c2c(c([2H])c1Br)C(C([2H])([2H])[2H])(C([2H])([2H])[2H])C([2H])([2H])C([2H])([2H])C2(C([2H])([2H])[2H])C([2H])([2H])[2H]. The van der Waals surface area contributed by atoms with Crippen LogP contribution in [0.25, 0.3) is 0 Å². The maximum atomic E-state index is 8.55. The third-order valence-corrected chi connectivity index (χ3v) is 2.37. The van der Waals surface area contributed by atoms with E-state index in [1.807, 2.05) is 0 Å². The molecule has 0 heterocycles. The Kier molecular flexibility index (Phi) is 0.511. The summed E-state index contributed by atoms with van der Waals surface area (Å²) < 4.78 is 154. The molecule has 82 valence electrons. The van der Waals surface area contributed by atoms with Gasteiger partial charge in [0.1, 0.15) is 0 Å². The molecule has 0 N–H and O–H groups in total. The van der Waals surface area contributed by atoms with Crippen LogP contribution in [0.1, 0.15) is 77.3 Å². The van der Waals surface area contributed by atoms with Gasteiger partial charge in [-0.2, -0.15) is 0 Å². The van der Waals surface area contributed by atoms with Crippen LogP contribution in [0.5, 0.6) is 0 Å². The molecule has 0 bridgehead atoms. The second kappa shape index (κ2) is 3.35. The van der Waals surface area contributed by atoms with E-state index in [1.54, 1.807) is 0 Å². The Morgan fingerprint density at radius 3 is 2.40 bits per heavy atom. The van der Waals surface area contributed by atoms with Crippen LogP contribution in [0, 0.1) is 0 Å². The van der Waals surface area contributed by atoms with Gasteiger partial charge in [0, 0.05) is 26.4 Å². The molecule has 1 aliphatic carbocycles. The predicted octanol–water partition coefficient (Wildman–Crippen LogP) is 4.80. The minimum absolute atomic E-state index is 0.711. The highest BCUT2D eigenvalue weighted by Gasteiger charge is 2.36. The van der Waals surface area contributed by atoms with E-state index in [2.05, 4.69) is 15.9 Å². The molecule has 0 atom stereocenters. The van der Waals surface area contributed by atoms with Crippen LogP contribution in [0.15, 0.2) is 22.6 Å². The normalized spacial score (nSPS) is 50.9. The van der Waals surface area contributed by atoms with Crippen molar-refractivity contribution in [3.05, 3.63) is 33.7 Å². The Balaban J connectivity index is 3.66. The molecule has 1 aromatic rings. The van der Waals surface area contributed by atoms with Crippen LogP contribution in [0.2, 0.25) is 0 Å². The van der Waals surface area contributed by atoms with Crippen LogP contribution in [0.3, 0.4) is 0 Å². The monoisotopic (exact) mass is 285 g/mol. The number of rotatable bonds is 0. The first kappa shape index (κ1) is 2.29. The lowest BCUT2D eigenvalue weighted by Gasteiger charge is -2.41. The van der Waals surface area contributed by atoms with Gasteiger partial charge in [-0.05, 0) is 46.8 Å². The molecule has 1 aliphatic rings. The molecule has 0 saturated heterocycles. The minimum atomic E-state index is -4.30. The van der Waals surface area contributed by atoms with E-state index in [9.17, 15) is 0 Å². The van der Waals surface area contributed by atoms with E-state index in [0.717, 1.165) is 0 Å². The van der Waals surface area contributed by atoms with Crippen LogP contribution in [0.4, 0.5) is 0 Å². The fourth-order valence-electron chi connectivity index (χ4n) is 1.26. The molecule has 0 fully saturated rings. The van der Waals surface area contributed by atoms with Crippen LogP contribution < -0.4 is 0 Å². The van der Waals surface area contributed by atoms with Gasteiger partial charge >= 0.3 is 0 Å². The van der Waals surface area contributed by atoms with E-state index in [-0.39, 0.29) is 0 Å². The first-order chi connectivity index (χ1) is 14.6. The molecular weight excluding hydrogens is 248 g/mol. The maximum absolute atomic E-state index is 8.55. The second-order valence-corrected chi connectivity index (χ2v) is 3.98. The number of benzene rings is 1. The molecule has 0 nitrogen and oxygen atoms in total. The van der Waals surface area contributed by atoms with Crippen molar-refractivity contribution in [3.8, 4) is 0 Å². The smallest absolute Gasteiger partial charge is 0.0571 e. The first-order valence-corrected chi connectivity index (χ1v) is 4.73. The Labute approximate surface area is 128 Å². The summed E-state index contributed by atoms with van der Waals surface area (Å²) in [6, 6.07) is -3.60. The number of fused-ring (bicyclic) bond motifs is 1. The Bertz CT molecular complexity index is 896. The Hall–Kier alpha value is -0.300. The lowest BCUT2D eigenvalue weighted by atomic mass is 9.63. The van der Waals surface area contributed by atoms with E-state index < -0.39 is 84.7 Å². The lowest BCUT2D eigenvalue weighted by Crippen LogP contribution is -2.33. The third kappa shape index (κ3) is 1.87. The van der Waals surface area contributed by atoms with Crippen molar-refractivity contribution in [1.82, 2.24) is 0 Å². The van der Waals surface area contributed by atoms with E-state index in [0.29, 0.717) is 0 Å². The summed E-state index contributed by atoms with van der Waals surface area (Å²) in [6.07, 6.45) is -8.58. The summed E-state index contributed by atoms with van der Waals surface area (Å²) in [7, 11) is 0. The average Bonchev–Trinajstić information content (AvgIpc) is 2.54. The molecule has 1 heteroatoms. The molecule has 0 aliphatic heterocycles. The Morgan fingerprint density at radius 2 is 1.80 bits per heavy atom. The Morgan fingerprint density at radius 1 is 1.20 bits per heavy atom. The molecule has 0 aromatic heterocycles. The van der Waals surface area contributed by atoms with Crippen LogP contribution in [-0.4, -0.2) is 0 Å². The van der Waals surface area contributed by atoms with E-state index >= 15 is 0 Å². The summed E-state index contributed by atoms with van der Waals surface area (Å²) in [4.78, 5) is 0. The topological polar surface area (TPSA) is 0 Å². The largest absolute Gasteiger partial charge is 0.0638 e. The van der Waals surface area contributed by atoms with Gasteiger partial charge in [0.25, 0.3) is 0 Å². The van der Waals surface area contributed by atoms with Crippen LogP contribution in [-0.2, 0) is 10.8 Å². The van der Waals surface area contributed by atoms with Crippen molar-refractivity contribution in [2.45, 2.75) is 51.0 Å². The van der Waals surface area contributed by atoms with Gasteiger partial charge < -0.3 is 0 Å². The first-order valence-electron chi connectivity index (χ1n) is 13.4. The minimum Gasteiger partial charge on any atom is -0.0571 e. The van der Waals surface area contributed by atoms with Gasteiger partial charge in [-0.1, -0.05) is 49.4 Å². The second-order valence-electron chi connectivity index (χ2n) is 3.19. The summed E-state index contributed by atoms with van der Waals surface area (Å²) in [5, 5.41) is 0. The molecule has 0 amide bonds. The van der Waals surface area contributed by atoms with Crippen molar-refractivity contribution >= 4 is 15.9 Å². The zero-order valence-corrected chi connectivity index (χ0v) is 8.96. The standard InChI is InChI=1S/C14H19Br/c1-13(2)7-8-14(3,4)12-9-10(15)5-6-11(12)13/h5-6,9H,7-8H2,1-4H3/i1D3,2D3,3D3,4D3,5D,6D,7D2,8D2,9D. The van der Waals surface area contributed by atoms with Crippen molar-refractivity contribution in [1.29, 1.82) is 0 Å². The summed E-state index contributed by atoms with van der Waals surface area (Å²) in [6.45, 7) is -16.1. The van der Waals surface area contributed by atoms with Gasteiger partial charge in [0.05, 0.1) is 4.11 Å². The molecular formula is C14H19Br. The molecule has 0 radical (unpaired) electrons. The van der Waals surface area contributed by atoms with Gasteiger partial charge in [-0.15, -0.1) is 0 Å². The molecule has 1 aromatic carbocycles. The average molecular weight is 286 g/mol. The van der Waals surface area contributed by atoms with Crippen molar-refractivity contribution in [3.63, 3.8) is 0 Å². The zero-order valence-electron chi connectivity index (χ0n) is 26.4.